The molecule has 1 atom stereocenters. The Bertz CT molecular complexity index is 1000. The van der Waals surface area contributed by atoms with Crippen LogP contribution in [0.25, 0.3) is 0 Å². The van der Waals surface area contributed by atoms with Crippen LogP contribution in [0.15, 0.2) is 42.6 Å². The summed E-state index contributed by atoms with van der Waals surface area (Å²) in [4.78, 5) is 25.0. The third-order valence-electron chi connectivity index (χ3n) is 5.00. The minimum Gasteiger partial charge on any atom is -0.348 e. The molecule has 4 rings (SSSR count). The maximum absolute atomic E-state index is 12.6. The van der Waals surface area contributed by atoms with Crippen molar-refractivity contribution in [1.82, 2.24) is 30.2 Å². The topological polar surface area (TPSA) is 93.8 Å². The van der Waals surface area contributed by atoms with E-state index in [1.165, 1.54) is 0 Å². The Morgan fingerprint density at radius 1 is 1.21 bits per heavy atom. The van der Waals surface area contributed by atoms with Gasteiger partial charge in [0, 0.05) is 25.7 Å². The molecule has 0 saturated carbocycles. The smallest absolute Gasteiger partial charge is 0.272 e. The average Bonchev–Trinajstić information content (AvgIpc) is 3.35. The molecule has 1 aliphatic heterocycles. The molecule has 1 aliphatic rings. The zero-order valence-corrected chi connectivity index (χ0v) is 15.8. The van der Waals surface area contributed by atoms with Gasteiger partial charge in [-0.1, -0.05) is 30.3 Å². The monoisotopic (exact) mass is 378 g/mol. The molecule has 3 heterocycles. The molecule has 0 unspecified atom stereocenters. The molecule has 0 bridgehead atoms. The highest BCUT2D eigenvalue weighted by molar-refractivity contribution is 5.95. The molecule has 0 fully saturated rings. The van der Waals surface area contributed by atoms with Crippen LogP contribution in [0.1, 0.15) is 37.8 Å². The average molecular weight is 378 g/mol. The Balaban J connectivity index is 1.38. The molecule has 28 heavy (non-hydrogen) atoms. The van der Waals surface area contributed by atoms with Gasteiger partial charge in [-0.15, -0.1) is 0 Å². The van der Waals surface area contributed by atoms with Gasteiger partial charge in [0.2, 0.25) is 0 Å². The molecule has 0 radical (unpaired) electrons. The van der Waals surface area contributed by atoms with Crippen molar-refractivity contribution in [2.24, 2.45) is 7.05 Å². The number of nitrogens with zero attached hydrogens (tertiary/aromatic N) is 4. The number of hydrogen-bond acceptors (Lipinski definition) is 4. The fraction of sp³-hybridized carbons (Fsp3) is 0.300. The number of carbonyl (C=O) groups excluding carboxylic acids is 2. The van der Waals surface area contributed by atoms with Crippen molar-refractivity contribution in [3.63, 3.8) is 0 Å². The third-order valence-corrected chi connectivity index (χ3v) is 5.00. The third kappa shape index (κ3) is 3.53. The first-order chi connectivity index (χ1) is 13.5. The lowest BCUT2D eigenvalue weighted by Gasteiger charge is -2.10. The van der Waals surface area contributed by atoms with Crippen LogP contribution in [0.5, 0.6) is 0 Å². The van der Waals surface area contributed by atoms with Crippen LogP contribution in [0.3, 0.4) is 0 Å². The van der Waals surface area contributed by atoms with E-state index >= 15 is 0 Å². The summed E-state index contributed by atoms with van der Waals surface area (Å²) in [5, 5.41) is 14.4. The normalized spacial score (nSPS) is 15.3. The number of benzene rings is 1. The lowest BCUT2D eigenvalue weighted by molar-refractivity contribution is 0.0929. The van der Waals surface area contributed by atoms with Crippen LogP contribution in [0.4, 0.5) is 0 Å². The molecule has 2 aromatic heterocycles. The van der Waals surface area contributed by atoms with E-state index in [0.29, 0.717) is 30.8 Å². The van der Waals surface area contributed by atoms with Crippen molar-refractivity contribution >= 4 is 11.8 Å². The Morgan fingerprint density at radius 2 is 2.00 bits per heavy atom. The van der Waals surface area contributed by atoms with Crippen molar-refractivity contribution in [2.75, 3.05) is 0 Å². The van der Waals surface area contributed by atoms with E-state index in [1.54, 1.807) is 28.7 Å². The lowest BCUT2D eigenvalue weighted by Crippen LogP contribution is -2.36. The van der Waals surface area contributed by atoms with Crippen LogP contribution in [-0.2, 0) is 26.6 Å². The Hall–Kier alpha value is -3.42. The van der Waals surface area contributed by atoms with Gasteiger partial charge in [0.25, 0.3) is 11.8 Å². The maximum atomic E-state index is 12.6. The molecule has 144 valence electrons. The van der Waals surface area contributed by atoms with Gasteiger partial charge in [-0.05, 0) is 18.6 Å². The van der Waals surface area contributed by atoms with Crippen molar-refractivity contribution in [3.8, 4) is 0 Å². The maximum Gasteiger partial charge on any atom is 0.272 e. The molecule has 8 heteroatoms. The van der Waals surface area contributed by atoms with Gasteiger partial charge >= 0.3 is 0 Å². The standard InChI is InChI=1S/C20H22N6O2/c1-13-8-17(24-25(13)2)20(28)23-15-9-18-16(11-22-26(18)12-15)19(27)21-10-14-6-4-3-5-7-14/h3-8,11,15H,9-10,12H2,1-2H3,(H,21,27)(H,23,28)/t15-/m0/s1. The molecule has 0 spiro atoms. The summed E-state index contributed by atoms with van der Waals surface area (Å²) in [6, 6.07) is 11.4. The Labute approximate surface area is 162 Å². The van der Waals surface area contributed by atoms with Crippen molar-refractivity contribution in [3.05, 3.63) is 70.8 Å². The van der Waals surface area contributed by atoms with Crippen LogP contribution in [0, 0.1) is 6.92 Å². The Morgan fingerprint density at radius 3 is 2.71 bits per heavy atom. The van der Waals surface area contributed by atoms with Gasteiger partial charge < -0.3 is 10.6 Å². The summed E-state index contributed by atoms with van der Waals surface area (Å²) in [6.07, 6.45) is 2.15. The first-order valence-corrected chi connectivity index (χ1v) is 9.19. The number of aryl methyl sites for hydroxylation is 2. The highest BCUT2D eigenvalue weighted by Crippen LogP contribution is 2.19. The second-order valence-corrected chi connectivity index (χ2v) is 7.02. The van der Waals surface area contributed by atoms with Gasteiger partial charge in [0.1, 0.15) is 5.69 Å². The predicted molar refractivity (Wildman–Crippen MR) is 103 cm³/mol. The van der Waals surface area contributed by atoms with Crippen molar-refractivity contribution < 1.29 is 9.59 Å². The number of fused-ring (bicyclic) bond motifs is 1. The summed E-state index contributed by atoms with van der Waals surface area (Å²) < 4.78 is 3.45. The summed E-state index contributed by atoms with van der Waals surface area (Å²) in [5.74, 6) is -0.369. The SMILES string of the molecule is Cc1cc(C(=O)N[C@H]2Cc3c(C(=O)NCc4ccccc4)cnn3C2)nn1C. The van der Waals surface area contributed by atoms with E-state index in [9.17, 15) is 9.59 Å². The summed E-state index contributed by atoms with van der Waals surface area (Å²) in [7, 11) is 1.80. The summed E-state index contributed by atoms with van der Waals surface area (Å²) >= 11 is 0. The van der Waals surface area contributed by atoms with Crippen LogP contribution < -0.4 is 10.6 Å². The molecule has 8 nitrogen and oxygen atoms in total. The zero-order valence-electron chi connectivity index (χ0n) is 15.8. The second kappa shape index (κ2) is 7.30. The lowest BCUT2D eigenvalue weighted by atomic mass is 10.1. The van der Waals surface area contributed by atoms with E-state index in [2.05, 4.69) is 20.8 Å². The van der Waals surface area contributed by atoms with E-state index in [1.807, 2.05) is 37.3 Å². The molecule has 2 N–H and O–H groups in total. The molecular formula is C20H22N6O2. The minimum absolute atomic E-state index is 0.112. The molecule has 3 aromatic rings. The van der Waals surface area contributed by atoms with E-state index in [4.69, 9.17) is 0 Å². The van der Waals surface area contributed by atoms with E-state index in [-0.39, 0.29) is 17.9 Å². The summed E-state index contributed by atoms with van der Waals surface area (Å²) in [6.45, 7) is 2.90. The minimum atomic E-state index is -0.213. The molecule has 1 aromatic carbocycles. The first-order valence-electron chi connectivity index (χ1n) is 9.19. The number of hydrogen-bond donors (Lipinski definition) is 2. The van der Waals surface area contributed by atoms with Crippen LogP contribution in [-0.4, -0.2) is 37.4 Å². The van der Waals surface area contributed by atoms with Crippen LogP contribution in [0.2, 0.25) is 0 Å². The fourth-order valence-electron chi connectivity index (χ4n) is 3.38. The van der Waals surface area contributed by atoms with Crippen LogP contribution >= 0.6 is 0 Å². The molecule has 2 amide bonds. The van der Waals surface area contributed by atoms with Crippen molar-refractivity contribution in [2.45, 2.75) is 32.5 Å². The summed E-state index contributed by atoms with van der Waals surface area (Å²) in [5.41, 5.74) is 3.75. The second-order valence-electron chi connectivity index (χ2n) is 7.02. The Kier molecular flexibility index (Phi) is 4.68. The first kappa shape index (κ1) is 18.0. The number of amides is 2. The quantitative estimate of drug-likeness (QED) is 0.698. The number of nitrogens with one attached hydrogen (secondary N) is 2. The molecular weight excluding hydrogens is 356 g/mol. The predicted octanol–water partition coefficient (Wildman–Crippen LogP) is 1.21. The number of rotatable bonds is 5. The highest BCUT2D eigenvalue weighted by Gasteiger charge is 2.29. The van der Waals surface area contributed by atoms with Gasteiger partial charge in [-0.2, -0.15) is 10.2 Å². The highest BCUT2D eigenvalue weighted by atomic mass is 16.2. The van der Waals surface area contributed by atoms with Gasteiger partial charge in [0.05, 0.1) is 30.0 Å². The zero-order chi connectivity index (χ0) is 19.7. The van der Waals surface area contributed by atoms with Gasteiger partial charge in [-0.3, -0.25) is 19.0 Å². The van der Waals surface area contributed by atoms with Crippen molar-refractivity contribution in [1.29, 1.82) is 0 Å². The molecule has 0 saturated heterocycles. The van der Waals surface area contributed by atoms with E-state index in [0.717, 1.165) is 17.0 Å². The van der Waals surface area contributed by atoms with E-state index < -0.39 is 0 Å². The number of aromatic nitrogens is 4. The van der Waals surface area contributed by atoms with Gasteiger partial charge in [-0.25, -0.2) is 0 Å². The van der Waals surface area contributed by atoms with Gasteiger partial charge in [0.15, 0.2) is 0 Å². The largest absolute Gasteiger partial charge is 0.348 e. The number of carbonyl (C=O) groups is 2. The molecule has 0 aliphatic carbocycles. The fourth-order valence-corrected chi connectivity index (χ4v) is 3.38.